The first kappa shape index (κ1) is 16.8. The third kappa shape index (κ3) is 4.73. The molecule has 2 aromatic rings. The van der Waals surface area contributed by atoms with Crippen molar-refractivity contribution in [3.8, 4) is 0 Å². The van der Waals surface area contributed by atoms with Gasteiger partial charge in [-0.3, -0.25) is 4.79 Å². The van der Waals surface area contributed by atoms with Gasteiger partial charge in [0.2, 0.25) is 5.91 Å². The maximum atomic E-state index is 13.0. The molecule has 0 saturated heterocycles. The van der Waals surface area contributed by atoms with Gasteiger partial charge < -0.3 is 9.88 Å². The molecule has 1 N–H and O–H groups in total. The van der Waals surface area contributed by atoms with Gasteiger partial charge >= 0.3 is 0 Å². The normalized spacial score (nSPS) is 17.7. The first-order valence-electron chi connectivity index (χ1n) is 9.30. The van der Waals surface area contributed by atoms with Crippen LogP contribution in [0.4, 0.5) is 0 Å². The second kappa shape index (κ2) is 8.72. The van der Waals surface area contributed by atoms with Crippen LogP contribution in [0, 0.1) is 0 Å². The fourth-order valence-corrected chi connectivity index (χ4v) is 3.62. The first-order chi connectivity index (χ1) is 11.8. The molecule has 1 amide bonds. The monoisotopic (exact) mass is 324 g/mol. The Labute approximate surface area is 145 Å². The molecule has 0 unspecified atom stereocenters. The topological polar surface area (TPSA) is 34.0 Å². The summed E-state index contributed by atoms with van der Waals surface area (Å²) in [6.45, 7) is 0. The van der Waals surface area contributed by atoms with Crippen LogP contribution in [0.25, 0.3) is 0 Å². The average molecular weight is 324 g/mol. The summed E-state index contributed by atoms with van der Waals surface area (Å²) in [5, 5.41) is 3.34. The fraction of sp³-hybridized carbons (Fsp3) is 0.476. The highest BCUT2D eigenvalue weighted by Gasteiger charge is 2.23. The van der Waals surface area contributed by atoms with Crippen LogP contribution in [-0.2, 0) is 11.2 Å². The number of carbonyl (C=O) groups is 1. The lowest BCUT2D eigenvalue weighted by atomic mass is 9.96. The molecule has 1 aromatic carbocycles. The van der Waals surface area contributed by atoms with Crippen LogP contribution in [0.2, 0.25) is 0 Å². The molecule has 1 heterocycles. The van der Waals surface area contributed by atoms with Gasteiger partial charge in [0.25, 0.3) is 0 Å². The molecule has 0 spiro atoms. The lowest BCUT2D eigenvalue weighted by Gasteiger charge is -2.25. The van der Waals surface area contributed by atoms with Crippen LogP contribution in [-0.4, -0.2) is 16.5 Å². The van der Waals surface area contributed by atoms with Crippen molar-refractivity contribution in [3.05, 3.63) is 60.4 Å². The van der Waals surface area contributed by atoms with Gasteiger partial charge in [-0.2, -0.15) is 0 Å². The van der Waals surface area contributed by atoms with Crippen molar-refractivity contribution in [3.63, 3.8) is 0 Å². The number of aromatic nitrogens is 1. The van der Waals surface area contributed by atoms with Crippen LogP contribution in [0.3, 0.4) is 0 Å². The lowest BCUT2D eigenvalue weighted by molar-refractivity contribution is -0.125. The highest BCUT2D eigenvalue weighted by Crippen LogP contribution is 2.20. The standard InChI is InChI=1S/C21H28N2O/c24-21(22-19-13-7-2-1-3-8-14-19)20(23-15-9-10-16-23)17-18-11-5-4-6-12-18/h4-6,9-12,15-16,19-20H,1-3,7-8,13-14,17H2,(H,22,24)/t20-/m0/s1. The average Bonchev–Trinajstić information content (AvgIpc) is 3.10. The fourth-order valence-electron chi connectivity index (χ4n) is 3.62. The molecule has 3 heteroatoms. The number of hydrogen-bond acceptors (Lipinski definition) is 1. The Hall–Kier alpha value is -2.03. The third-order valence-electron chi connectivity index (χ3n) is 5.01. The van der Waals surface area contributed by atoms with Gasteiger partial charge in [-0.05, 0) is 30.5 Å². The van der Waals surface area contributed by atoms with E-state index in [4.69, 9.17) is 0 Å². The smallest absolute Gasteiger partial charge is 0.243 e. The summed E-state index contributed by atoms with van der Waals surface area (Å²) in [7, 11) is 0. The molecule has 0 radical (unpaired) electrons. The predicted octanol–water partition coefficient (Wildman–Crippen LogP) is 4.50. The largest absolute Gasteiger partial charge is 0.352 e. The Morgan fingerprint density at radius 3 is 2.25 bits per heavy atom. The van der Waals surface area contributed by atoms with Crippen LogP contribution >= 0.6 is 0 Å². The molecule has 1 aromatic heterocycles. The van der Waals surface area contributed by atoms with Crippen LogP contribution in [0.15, 0.2) is 54.9 Å². The summed E-state index contributed by atoms with van der Waals surface area (Å²) in [6, 6.07) is 14.4. The van der Waals surface area contributed by atoms with Crippen LogP contribution in [0.1, 0.15) is 56.6 Å². The van der Waals surface area contributed by atoms with E-state index in [1.807, 2.05) is 47.3 Å². The zero-order chi connectivity index (χ0) is 16.6. The van der Waals surface area contributed by atoms with E-state index in [1.54, 1.807) is 0 Å². The molecular weight excluding hydrogens is 296 g/mol. The van der Waals surface area contributed by atoms with E-state index in [0.29, 0.717) is 6.04 Å². The molecule has 24 heavy (non-hydrogen) atoms. The number of rotatable bonds is 5. The van der Waals surface area contributed by atoms with Crippen molar-refractivity contribution in [1.82, 2.24) is 9.88 Å². The molecule has 1 aliphatic rings. The first-order valence-corrected chi connectivity index (χ1v) is 9.30. The Morgan fingerprint density at radius 2 is 1.58 bits per heavy atom. The Kier molecular flexibility index (Phi) is 6.11. The number of nitrogens with zero attached hydrogens (tertiary/aromatic N) is 1. The van der Waals surface area contributed by atoms with Gasteiger partial charge in [0.15, 0.2) is 0 Å². The molecule has 0 bridgehead atoms. The van der Waals surface area contributed by atoms with Gasteiger partial charge in [-0.1, -0.05) is 62.4 Å². The summed E-state index contributed by atoms with van der Waals surface area (Å²) in [6.07, 6.45) is 13.4. The van der Waals surface area contributed by atoms with E-state index in [1.165, 1.54) is 37.7 Å². The maximum Gasteiger partial charge on any atom is 0.243 e. The summed E-state index contributed by atoms with van der Waals surface area (Å²) < 4.78 is 2.03. The van der Waals surface area contributed by atoms with Gasteiger partial charge in [0.1, 0.15) is 6.04 Å². The SMILES string of the molecule is O=C(NC1CCCCCCC1)[C@H](Cc1ccccc1)n1cccc1. The third-order valence-corrected chi connectivity index (χ3v) is 5.01. The minimum absolute atomic E-state index is 0.153. The number of hydrogen-bond donors (Lipinski definition) is 1. The Bertz CT molecular complexity index is 598. The summed E-state index contributed by atoms with van der Waals surface area (Å²) in [4.78, 5) is 13.0. The summed E-state index contributed by atoms with van der Waals surface area (Å²) >= 11 is 0. The molecule has 3 nitrogen and oxygen atoms in total. The number of benzene rings is 1. The molecule has 1 aliphatic carbocycles. The number of nitrogens with one attached hydrogen (secondary N) is 1. The minimum atomic E-state index is -0.173. The molecule has 3 rings (SSSR count). The van der Waals surface area contributed by atoms with Crippen molar-refractivity contribution >= 4 is 5.91 Å². The highest BCUT2D eigenvalue weighted by molar-refractivity contribution is 5.81. The van der Waals surface area contributed by atoms with Crippen molar-refractivity contribution < 1.29 is 4.79 Å². The summed E-state index contributed by atoms with van der Waals surface area (Å²) in [5.74, 6) is 0.153. The number of carbonyl (C=O) groups excluding carboxylic acids is 1. The predicted molar refractivity (Wildman–Crippen MR) is 97.9 cm³/mol. The molecule has 128 valence electrons. The van der Waals surface area contributed by atoms with Gasteiger partial charge in [0.05, 0.1) is 0 Å². The highest BCUT2D eigenvalue weighted by atomic mass is 16.2. The van der Waals surface area contributed by atoms with Crippen molar-refractivity contribution in [2.75, 3.05) is 0 Å². The van der Waals surface area contributed by atoms with E-state index in [9.17, 15) is 4.79 Å². The second-order valence-corrected chi connectivity index (χ2v) is 6.89. The second-order valence-electron chi connectivity index (χ2n) is 6.89. The zero-order valence-corrected chi connectivity index (χ0v) is 14.4. The van der Waals surface area contributed by atoms with Gasteiger partial charge in [-0.25, -0.2) is 0 Å². The maximum absolute atomic E-state index is 13.0. The van der Waals surface area contributed by atoms with E-state index in [2.05, 4.69) is 17.4 Å². The van der Waals surface area contributed by atoms with E-state index in [-0.39, 0.29) is 11.9 Å². The minimum Gasteiger partial charge on any atom is -0.352 e. The van der Waals surface area contributed by atoms with E-state index in [0.717, 1.165) is 19.3 Å². The Morgan fingerprint density at radius 1 is 0.958 bits per heavy atom. The van der Waals surface area contributed by atoms with E-state index < -0.39 is 0 Å². The molecule has 1 fully saturated rings. The molecule has 0 aliphatic heterocycles. The molecule has 1 atom stereocenters. The van der Waals surface area contributed by atoms with Crippen molar-refractivity contribution in [2.24, 2.45) is 0 Å². The summed E-state index contributed by atoms with van der Waals surface area (Å²) in [5.41, 5.74) is 1.20. The quantitative estimate of drug-likeness (QED) is 0.863. The van der Waals surface area contributed by atoms with Gasteiger partial charge in [-0.15, -0.1) is 0 Å². The van der Waals surface area contributed by atoms with Crippen LogP contribution in [0.5, 0.6) is 0 Å². The number of amides is 1. The molecular formula is C21H28N2O. The Balaban J connectivity index is 1.68. The lowest BCUT2D eigenvalue weighted by Crippen LogP contribution is -2.40. The van der Waals surface area contributed by atoms with Gasteiger partial charge in [0, 0.05) is 24.9 Å². The zero-order valence-electron chi connectivity index (χ0n) is 14.4. The van der Waals surface area contributed by atoms with Crippen molar-refractivity contribution in [1.29, 1.82) is 0 Å². The van der Waals surface area contributed by atoms with Crippen LogP contribution < -0.4 is 5.32 Å². The molecule has 1 saturated carbocycles. The van der Waals surface area contributed by atoms with Crippen molar-refractivity contribution in [2.45, 2.75) is 63.5 Å². The van der Waals surface area contributed by atoms with E-state index >= 15 is 0 Å².